The zero-order valence-corrected chi connectivity index (χ0v) is 20.7. The van der Waals surface area contributed by atoms with Crippen LogP contribution in [-0.4, -0.2) is 35.2 Å². The summed E-state index contributed by atoms with van der Waals surface area (Å²) < 4.78 is 17.3. The van der Waals surface area contributed by atoms with Gasteiger partial charge in [0.05, 0.1) is 13.2 Å². The summed E-state index contributed by atoms with van der Waals surface area (Å²) in [4.78, 5) is 14.7. The number of carbonyl (C=O) groups excluding carboxylic acids is 1. The highest BCUT2D eigenvalue weighted by Gasteiger charge is 2.36. The van der Waals surface area contributed by atoms with E-state index in [1.807, 2.05) is 62.4 Å². The summed E-state index contributed by atoms with van der Waals surface area (Å²) in [5, 5.41) is 3.62. The van der Waals surface area contributed by atoms with Gasteiger partial charge < -0.3 is 19.5 Å². The van der Waals surface area contributed by atoms with Gasteiger partial charge >= 0.3 is 0 Å². The number of ether oxygens (including phenoxy) is 3. The average Bonchev–Trinajstić information content (AvgIpc) is 3.13. The predicted octanol–water partition coefficient (Wildman–Crippen LogP) is 5.45. The number of thiocarbonyl (C=S) groups is 1. The highest BCUT2D eigenvalue weighted by molar-refractivity contribution is 7.80. The van der Waals surface area contributed by atoms with Crippen molar-refractivity contribution in [1.82, 2.24) is 10.2 Å². The maximum atomic E-state index is 12.9. The molecule has 1 heterocycles. The molecule has 1 aliphatic heterocycles. The number of carbonyl (C=O) groups is 1. The van der Waals surface area contributed by atoms with Crippen LogP contribution in [0.3, 0.4) is 0 Å². The van der Waals surface area contributed by atoms with E-state index in [0.29, 0.717) is 30.6 Å². The van der Waals surface area contributed by atoms with Crippen LogP contribution in [0.25, 0.3) is 6.08 Å². The fourth-order valence-electron chi connectivity index (χ4n) is 4.40. The molecule has 2 aromatic carbocycles. The van der Waals surface area contributed by atoms with Gasteiger partial charge in [0, 0.05) is 6.04 Å². The number of benzene rings is 2. The Morgan fingerprint density at radius 2 is 1.68 bits per heavy atom. The third-order valence-electron chi connectivity index (χ3n) is 6.05. The molecule has 1 saturated heterocycles. The number of hydrogen-bond acceptors (Lipinski definition) is 5. The Morgan fingerprint density at radius 1 is 0.971 bits per heavy atom. The molecule has 0 aromatic heterocycles. The number of rotatable bonds is 9. The minimum atomic E-state index is -0.0298. The number of amides is 1. The van der Waals surface area contributed by atoms with Gasteiger partial charge in [-0.25, -0.2) is 0 Å². The maximum Gasteiger partial charge on any atom is 0.276 e. The summed E-state index contributed by atoms with van der Waals surface area (Å²) >= 11 is 5.46. The van der Waals surface area contributed by atoms with Crippen molar-refractivity contribution in [3.63, 3.8) is 0 Å². The molecule has 0 bridgehead atoms. The van der Waals surface area contributed by atoms with Crippen molar-refractivity contribution in [3.05, 3.63) is 59.3 Å². The van der Waals surface area contributed by atoms with Crippen LogP contribution in [0.15, 0.2) is 48.2 Å². The van der Waals surface area contributed by atoms with Gasteiger partial charge in [0.2, 0.25) is 0 Å². The molecule has 0 unspecified atom stereocenters. The molecule has 0 spiro atoms. The second-order valence-corrected chi connectivity index (χ2v) is 8.85. The summed E-state index contributed by atoms with van der Waals surface area (Å²) in [6, 6.07) is 13.7. The van der Waals surface area contributed by atoms with E-state index in [-0.39, 0.29) is 11.9 Å². The zero-order chi connectivity index (χ0) is 23.9. The molecule has 1 amide bonds. The van der Waals surface area contributed by atoms with Gasteiger partial charge in [0.1, 0.15) is 18.1 Å². The standard InChI is InChI=1S/C27H32N2O4S/c1-3-31-24-15-12-20(17-25(24)32-4-2)18-33-22-13-10-19(11-14-22)16-23-26(30)29(27(34)28-23)21-8-6-5-7-9-21/h10-17,21H,3-9,18H2,1-2H3,(H,28,34)/b23-16+. The molecule has 34 heavy (non-hydrogen) atoms. The van der Waals surface area contributed by atoms with Crippen LogP contribution in [0, 0.1) is 0 Å². The number of nitrogens with zero attached hydrogens (tertiary/aromatic N) is 1. The van der Waals surface area contributed by atoms with Crippen molar-refractivity contribution in [2.24, 2.45) is 0 Å². The summed E-state index contributed by atoms with van der Waals surface area (Å²) in [6.45, 7) is 5.47. The van der Waals surface area contributed by atoms with Crippen LogP contribution in [0.4, 0.5) is 0 Å². The number of hydrogen-bond donors (Lipinski definition) is 1. The van der Waals surface area contributed by atoms with E-state index in [2.05, 4.69) is 5.32 Å². The molecule has 4 rings (SSSR count). The first-order valence-electron chi connectivity index (χ1n) is 12.1. The first-order chi connectivity index (χ1) is 16.6. The molecule has 180 valence electrons. The lowest BCUT2D eigenvalue weighted by Crippen LogP contribution is -2.41. The number of nitrogens with one attached hydrogen (secondary N) is 1. The van der Waals surface area contributed by atoms with Crippen LogP contribution in [0.5, 0.6) is 17.2 Å². The SMILES string of the molecule is CCOc1ccc(COc2ccc(/C=C3/NC(=S)N(C4CCCCC4)C3=O)cc2)cc1OCC. The van der Waals surface area contributed by atoms with Crippen molar-refractivity contribution in [2.45, 2.75) is 58.6 Å². The molecule has 2 aromatic rings. The molecule has 2 aliphatic rings. The van der Waals surface area contributed by atoms with E-state index >= 15 is 0 Å². The van der Waals surface area contributed by atoms with E-state index in [9.17, 15) is 4.79 Å². The van der Waals surface area contributed by atoms with Gasteiger partial charge in [-0.15, -0.1) is 0 Å². The second kappa shape index (κ2) is 11.4. The highest BCUT2D eigenvalue weighted by Crippen LogP contribution is 2.30. The second-order valence-electron chi connectivity index (χ2n) is 8.46. The molecule has 2 fully saturated rings. The zero-order valence-electron chi connectivity index (χ0n) is 19.8. The molecule has 7 heteroatoms. The Bertz CT molecular complexity index is 1050. The summed E-state index contributed by atoms with van der Waals surface area (Å²) in [5.41, 5.74) is 2.44. The molecule has 1 saturated carbocycles. The summed E-state index contributed by atoms with van der Waals surface area (Å²) in [6.07, 6.45) is 7.44. The smallest absolute Gasteiger partial charge is 0.276 e. The Kier molecular flexibility index (Phi) is 8.06. The van der Waals surface area contributed by atoms with Gasteiger partial charge in [-0.05, 0) is 80.4 Å². The van der Waals surface area contributed by atoms with Gasteiger partial charge in [-0.1, -0.05) is 37.5 Å². The Morgan fingerprint density at radius 3 is 2.38 bits per heavy atom. The summed E-state index contributed by atoms with van der Waals surface area (Å²) in [7, 11) is 0. The minimum Gasteiger partial charge on any atom is -0.490 e. The van der Waals surface area contributed by atoms with Crippen molar-refractivity contribution >= 4 is 29.3 Å². The van der Waals surface area contributed by atoms with Crippen molar-refractivity contribution in [1.29, 1.82) is 0 Å². The lowest BCUT2D eigenvalue weighted by Gasteiger charge is -2.29. The molecule has 1 aliphatic carbocycles. The maximum absolute atomic E-state index is 12.9. The average molecular weight is 481 g/mol. The van der Waals surface area contributed by atoms with E-state index in [0.717, 1.165) is 54.1 Å². The molecule has 0 radical (unpaired) electrons. The van der Waals surface area contributed by atoms with Crippen LogP contribution in [0.2, 0.25) is 0 Å². The van der Waals surface area contributed by atoms with Crippen LogP contribution < -0.4 is 19.5 Å². The normalized spacial score (nSPS) is 17.7. The first-order valence-corrected chi connectivity index (χ1v) is 12.5. The monoisotopic (exact) mass is 480 g/mol. The van der Waals surface area contributed by atoms with E-state index < -0.39 is 0 Å². The van der Waals surface area contributed by atoms with E-state index in [1.54, 1.807) is 4.90 Å². The Hall–Kier alpha value is -3.06. The van der Waals surface area contributed by atoms with Gasteiger partial charge in [-0.2, -0.15) is 0 Å². The van der Waals surface area contributed by atoms with Crippen LogP contribution >= 0.6 is 12.2 Å². The lowest BCUT2D eigenvalue weighted by atomic mass is 9.94. The van der Waals surface area contributed by atoms with Crippen molar-refractivity contribution in [3.8, 4) is 17.2 Å². The quantitative estimate of drug-likeness (QED) is 0.380. The largest absolute Gasteiger partial charge is 0.490 e. The summed E-state index contributed by atoms with van der Waals surface area (Å²) in [5.74, 6) is 2.18. The molecule has 0 atom stereocenters. The molecular weight excluding hydrogens is 448 g/mol. The predicted molar refractivity (Wildman–Crippen MR) is 137 cm³/mol. The highest BCUT2D eigenvalue weighted by atomic mass is 32.1. The van der Waals surface area contributed by atoms with Crippen molar-refractivity contribution < 1.29 is 19.0 Å². The van der Waals surface area contributed by atoms with Crippen molar-refractivity contribution in [2.75, 3.05) is 13.2 Å². The minimum absolute atomic E-state index is 0.0298. The van der Waals surface area contributed by atoms with Gasteiger partial charge in [0.25, 0.3) is 5.91 Å². The third-order valence-corrected chi connectivity index (χ3v) is 6.35. The third kappa shape index (κ3) is 5.70. The Balaban J connectivity index is 1.38. The fraction of sp³-hybridized carbons (Fsp3) is 0.407. The van der Waals surface area contributed by atoms with Crippen LogP contribution in [-0.2, 0) is 11.4 Å². The van der Waals surface area contributed by atoms with E-state index in [1.165, 1.54) is 6.42 Å². The molecule has 1 N–H and O–H groups in total. The Labute approximate surface area is 206 Å². The van der Waals surface area contributed by atoms with Gasteiger partial charge in [-0.3, -0.25) is 9.69 Å². The van der Waals surface area contributed by atoms with Gasteiger partial charge in [0.15, 0.2) is 16.6 Å². The topological polar surface area (TPSA) is 60.0 Å². The molecule has 6 nitrogen and oxygen atoms in total. The molecular formula is C27H32N2O4S. The first kappa shape index (κ1) is 24.1. The fourth-order valence-corrected chi connectivity index (χ4v) is 4.74. The van der Waals surface area contributed by atoms with E-state index in [4.69, 9.17) is 26.4 Å². The van der Waals surface area contributed by atoms with Crippen LogP contribution in [0.1, 0.15) is 57.1 Å². The lowest BCUT2D eigenvalue weighted by molar-refractivity contribution is -0.124.